The molecule has 0 aliphatic rings. The Labute approximate surface area is 117 Å². The van der Waals surface area contributed by atoms with Gasteiger partial charge in [-0.05, 0) is 50.2 Å². The molecule has 0 aromatic carbocycles. The maximum Gasteiger partial charge on any atom is 0.261 e. The summed E-state index contributed by atoms with van der Waals surface area (Å²) in [6, 6.07) is 5.72. The van der Waals surface area contributed by atoms with Crippen molar-refractivity contribution in [3.05, 3.63) is 46.0 Å². The first kappa shape index (κ1) is 13.8. The zero-order chi connectivity index (χ0) is 13.8. The van der Waals surface area contributed by atoms with Crippen LogP contribution in [0.2, 0.25) is 0 Å². The van der Waals surface area contributed by atoms with Gasteiger partial charge in [0, 0.05) is 6.54 Å². The molecule has 102 valence electrons. The van der Waals surface area contributed by atoms with Gasteiger partial charge in [0.15, 0.2) is 0 Å². The molecule has 0 aliphatic heterocycles. The van der Waals surface area contributed by atoms with Gasteiger partial charge in [0.1, 0.15) is 5.76 Å². The predicted octanol–water partition coefficient (Wildman–Crippen LogP) is 2.68. The lowest BCUT2D eigenvalue weighted by atomic mass is 10.2. The van der Waals surface area contributed by atoms with Crippen LogP contribution >= 0.6 is 11.3 Å². The van der Waals surface area contributed by atoms with Crippen LogP contribution in [-0.4, -0.2) is 31.4 Å². The van der Waals surface area contributed by atoms with E-state index in [1.165, 1.54) is 11.3 Å². The highest BCUT2D eigenvalue weighted by molar-refractivity contribution is 7.12. The molecule has 4 nitrogen and oxygen atoms in total. The van der Waals surface area contributed by atoms with Gasteiger partial charge in [0.05, 0.1) is 17.2 Å². The molecule has 1 amide bonds. The van der Waals surface area contributed by atoms with Crippen molar-refractivity contribution in [2.45, 2.75) is 13.0 Å². The van der Waals surface area contributed by atoms with E-state index in [1.807, 2.05) is 49.5 Å². The van der Waals surface area contributed by atoms with Crippen LogP contribution in [0.15, 0.2) is 34.3 Å². The molecule has 2 rings (SSSR count). The molecule has 1 unspecified atom stereocenters. The minimum Gasteiger partial charge on any atom is -0.468 e. The van der Waals surface area contributed by atoms with Gasteiger partial charge in [-0.25, -0.2) is 0 Å². The van der Waals surface area contributed by atoms with Crippen LogP contribution in [0.25, 0.3) is 0 Å². The van der Waals surface area contributed by atoms with Crippen LogP contribution in [0.4, 0.5) is 0 Å². The van der Waals surface area contributed by atoms with Crippen molar-refractivity contribution in [1.82, 2.24) is 10.2 Å². The molecule has 0 saturated carbocycles. The number of hydrogen-bond acceptors (Lipinski definition) is 4. The Hall–Kier alpha value is -1.59. The van der Waals surface area contributed by atoms with E-state index in [0.717, 1.165) is 16.2 Å². The van der Waals surface area contributed by atoms with E-state index in [9.17, 15) is 4.79 Å². The second-order valence-electron chi connectivity index (χ2n) is 4.69. The number of furan rings is 1. The average molecular weight is 278 g/mol. The molecule has 2 heterocycles. The van der Waals surface area contributed by atoms with Crippen LogP contribution in [-0.2, 0) is 0 Å². The molecule has 0 bridgehead atoms. The number of thiophene rings is 1. The summed E-state index contributed by atoms with van der Waals surface area (Å²) in [4.78, 5) is 14.8. The predicted molar refractivity (Wildman–Crippen MR) is 76.5 cm³/mol. The minimum atomic E-state index is -0.0310. The fraction of sp³-hybridized carbons (Fsp3) is 0.357. The number of nitrogens with one attached hydrogen (secondary N) is 1. The second-order valence-corrected chi connectivity index (χ2v) is 5.60. The van der Waals surface area contributed by atoms with Gasteiger partial charge >= 0.3 is 0 Å². The Morgan fingerprint density at radius 1 is 1.53 bits per heavy atom. The van der Waals surface area contributed by atoms with Gasteiger partial charge in [-0.2, -0.15) is 0 Å². The fourth-order valence-corrected chi connectivity index (χ4v) is 2.66. The number of aryl methyl sites for hydroxylation is 1. The lowest BCUT2D eigenvalue weighted by Crippen LogP contribution is -2.34. The zero-order valence-corrected chi connectivity index (χ0v) is 12.2. The van der Waals surface area contributed by atoms with Gasteiger partial charge in [-0.1, -0.05) is 0 Å². The van der Waals surface area contributed by atoms with E-state index in [-0.39, 0.29) is 11.9 Å². The summed E-state index contributed by atoms with van der Waals surface area (Å²) in [6.45, 7) is 2.51. The molecule has 0 radical (unpaired) electrons. The smallest absolute Gasteiger partial charge is 0.261 e. The highest BCUT2D eigenvalue weighted by atomic mass is 32.1. The van der Waals surface area contributed by atoms with E-state index in [4.69, 9.17) is 4.42 Å². The normalized spacial score (nSPS) is 12.6. The summed E-state index contributed by atoms with van der Waals surface area (Å²) >= 11 is 1.47. The van der Waals surface area contributed by atoms with Crippen molar-refractivity contribution in [2.75, 3.05) is 20.6 Å². The lowest BCUT2D eigenvalue weighted by Gasteiger charge is -2.22. The number of rotatable bonds is 5. The number of hydrogen-bond donors (Lipinski definition) is 1. The van der Waals surface area contributed by atoms with Crippen molar-refractivity contribution < 1.29 is 9.21 Å². The van der Waals surface area contributed by atoms with Crippen molar-refractivity contribution in [3.8, 4) is 0 Å². The van der Waals surface area contributed by atoms with Crippen LogP contribution in [0.1, 0.15) is 27.0 Å². The average Bonchev–Trinajstić information content (AvgIpc) is 3.00. The highest BCUT2D eigenvalue weighted by Gasteiger charge is 2.18. The summed E-state index contributed by atoms with van der Waals surface area (Å²) in [5.74, 6) is 0.823. The molecule has 1 atom stereocenters. The molecular formula is C14H18N2O2S. The highest BCUT2D eigenvalue weighted by Crippen LogP contribution is 2.18. The third kappa shape index (κ3) is 3.45. The van der Waals surface area contributed by atoms with Crippen LogP contribution in [0, 0.1) is 6.92 Å². The quantitative estimate of drug-likeness (QED) is 0.914. The Kier molecular flexibility index (Phi) is 4.39. The Balaban J connectivity index is 1.98. The number of amides is 1. The maximum absolute atomic E-state index is 12.0. The topological polar surface area (TPSA) is 45.5 Å². The Morgan fingerprint density at radius 3 is 2.84 bits per heavy atom. The summed E-state index contributed by atoms with van der Waals surface area (Å²) in [7, 11) is 3.93. The van der Waals surface area contributed by atoms with E-state index in [0.29, 0.717) is 6.54 Å². The number of likely N-dealkylation sites (N-methyl/N-ethyl adjacent to an activating group) is 1. The molecule has 2 aromatic rings. The largest absolute Gasteiger partial charge is 0.468 e. The zero-order valence-electron chi connectivity index (χ0n) is 11.3. The summed E-state index contributed by atoms with van der Waals surface area (Å²) in [5, 5.41) is 4.93. The maximum atomic E-state index is 12.0. The first-order valence-corrected chi connectivity index (χ1v) is 6.99. The summed E-state index contributed by atoms with van der Waals surface area (Å²) < 4.78 is 5.41. The number of carbonyl (C=O) groups is 1. The monoisotopic (exact) mass is 278 g/mol. The molecule has 5 heteroatoms. The van der Waals surface area contributed by atoms with Gasteiger partial charge in [-0.15, -0.1) is 11.3 Å². The van der Waals surface area contributed by atoms with E-state index in [1.54, 1.807) is 6.26 Å². The van der Waals surface area contributed by atoms with Gasteiger partial charge < -0.3 is 9.73 Å². The van der Waals surface area contributed by atoms with E-state index >= 15 is 0 Å². The van der Waals surface area contributed by atoms with Crippen molar-refractivity contribution in [1.29, 1.82) is 0 Å². The molecule has 1 N–H and O–H groups in total. The molecule has 2 aromatic heterocycles. The van der Waals surface area contributed by atoms with E-state index in [2.05, 4.69) is 5.32 Å². The van der Waals surface area contributed by atoms with Crippen LogP contribution in [0.5, 0.6) is 0 Å². The van der Waals surface area contributed by atoms with Gasteiger partial charge in [0.2, 0.25) is 0 Å². The lowest BCUT2D eigenvalue weighted by molar-refractivity contribution is 0.0943. The standard InChI is InChI=1S/C14H18N2O2S/c1-10-7-13(19-9-10)14(17)15-8-11(16(2)3)12-5-4-6-18-12/h4-7,9,11H,8H2,1-3H3,(H,15,17). The van der Waals surface area contributed by atoms with Crippen LogP contribution < -0.4 is 5.32 Å². The Bertz CT molecular complexity index is 531. The molecule has 0 aliphatic carbocycles. The number of carbonyl (C=O) groups excluding carboxylic acids is 1. The molecule has 19 heavy (non-hydrogen) atoms. The van der Waals surface area contributed by atoms with E-state index < -0.39 is 0 Å². The van der Waals surface area contributed by atoms with Gasteiger partial charge in [-0.3, -0.25) is 9.69 Å². The van der Waals surface area contributed by atoms with Crippen LogP contribution in [0.3, 0.4) is 0 Å². The third-order valence-electron chi connectivity index (χ3n) is 2.91. The van der Waals surface area contributed by atoms with Crippen molar-refractivity contribution in [2.24, 2.45) is 0 Å². The molecular weight excluding hydrogens is 260 g/mol. The van der Waals surface area contributed by atoms with Crippen molar-refractivity contribution >= 4 is 17.2 Å². The second kappa shape index (κ2) is 6.04. The molecule has 0 fully saturated rings. The number of nitrogens with zero attached hydrogens (tertiary/aromatic N) is 1. The Morgan fingerprint density at radius 2 is 2.32 bits per heavy atom. The first-order chi connectivity index (χ1) is 9.08. The van der Waals surface area contributed by atoms with Gasteiger partial charge in [0.25, 0.3) is 5.91 Å². The first-order valence-electron chi connectivity index (χ1n) is 6.11. The summed E-state index contributed by atoms with van der Waals surface area (Å²) in [6.07, 6.45) is 1.65. The summed E-state index contributed by atoms with van der Waals surface area (Å²) in [5.41, 5.74) is 1.12. The fourth-order valence-electron chi connectivity index (χ4n) is 1.85. The molecule has 0 saturated heterocycles. The molecule has 0 spiro atoms. The van der Waals surface area contributed by atoms with Crippen molar-refractivity contribution in [3.63, 3.8) is 0 Å². The third-order valence-corrected chi connectivity index (χ3v) is 3.95. The minimum absolute atomic E-state index is 0.0310. The SMILES string of the molecule is Cc1csc(C(=O)NCC(c2ccco2)N(C)C)c1.